The lowest BCUT2D eigenvalue weighted by Crippen LogP contribution is -2.55. The average Bonchev–Trinajstić information content (AvgIpc) is 2.18. The van der Waals surface area contributed by atoms with Gasteiger partial charge in [0, 0.05) is 12.6 Å². The van der Waals surface area contributed by atoms with Crippen LogP contribution in [-0.4, -0.2) is 47.8 Å². The van der Waals surface area contributed by atoms with Crippen molar-refractivity contribution >= 4 is 5.97 Å². The van der Waals surface area contributed by atoms with Crippen LogP contribution in [0.5, 0.6) is 0 Å². The molecular formula is C11H21NO3. The predicted molar refractivity (Wildman–Crippen MR) is 57.9 cm³/mol. The Morgan fingerprint density at radius 3 is 2.73 bits per heavy atom. The van der Waals surface area contributed by atoms with E-state index in [0.29, 0.717) is 25.2 Å². The molecule has 0 aliphatic carbocycles. The molecule has 0 aromatic carbocycles. The summed E-state index contributed by atoms with van der Waals surface area (Å²) in [7, 11) is 0. The molecule has 88 valence electrons. The minimum Gasteiger partial charge on any atom is -0.480 e. The smallest absolute Gasteiger partial charge is 0.323 e. The summed E-state index contributed by atoms with van der Waals surface area (Å²) in [5, 5.41) is 9.11. The second-order valence-electron chi connectivity index (χ2n) is 4.39. The van der Waals surface area contributed by atoms with E-state index in [1.807, 2.05) is 0 Å². The minimum absolute atomic E-state index is 0.318. The van der Waals surface area contributed by atoms with Crippen LogP contribution < -0.4 is 0 Å². The van der Waals surface area contributed by atoms with E-state index in [1.54, 1.807) is 0 Å². The zero-order chi connectivity index (χ0) is 11.4. The second kappa shape index (κ2) is 5.47. The third kappa shape index (κ3) is 2.92. The van der Waals surface area contributed by atoms with Crippen LogP contribution in [-0.2, 0) is 9.53 Å². The van der Waals surface area contributed by atoms with Gasteiger partial charge in [-0.2, -0.15) is 0 Å². The van der Waals surface area contributed by atoms with Gasteiger partial charge in [0.25, 0.3) is 0 Å². The molecule has 1 rings (SSSR count). The monoisotopic (exact) mass is 215 g/mol. The zero-order valence-electron chi connectivity index (χ0n) is 9.77. The fourth-order valence-corrected chi connectivity index (χ4v) is 2.32. The van der Waals surface area contributed by atoms with Crippen molar-refractivity contribution in [3.8, 4) is 0 Å². The number of carbonyl (C=O) groups is 1. The van der Waals surface area contributed by atoms with E-state index in [1.165, 1.54) is 0 Å². The summed E-state index contributed by atoms with van der Waals surface area (Å²) in [6.45, 7) is 8.09. The van der Waals surface area contributed by atoms with Gasteiger partial charge in [-0.25, -0.2) is 0 Å². The van der Waals surface area contributed by atoms with Crippen molar-refractivity contribution in [2.75, 3.05) is 19.8 Å². The topological polar surface area (TPSA) is 49.8 Å². The summed E-state index contributed by atoms with van der Waals surface area (Å²) in [6, 6.07) is -0.124. The normalized spacial score (nSPS) is 25.5. The Labute approximate surface area is 91.2 Å². The van der Waals surface area contributed by atoms with Crippen LogP contribution in [0.2, 0.25) is 0 Å². The van der Waals surface area contributed by atoms with Crippen molar-refractivity contribution in [1.29, 1.82) is 0 Å². The van der Waals surface area contributed by atoms with Crippen LogP contribution in [0.3, 0.4) is 0 Å². The number of nitrogens with zero attached hydrogens (tertiary/aromatic N) is 1. The molecule has 0 aromatic heterocycles. The molecule has 15 heavy (non-hydrogen) atoms. The number of ether oxygens (including phenoxy) is 1. The Hall–Kier alpha value is -0.610. The predicted octanol–water partition coefficient (Wildman–Crippen LogP) is 1.21. The molecule has 0 amide bonds. The zero-order valence-corrected chi connectivity index (χ0v) is 9.77. The lowest BCUT2D eigenvalue weighted by molar-refractivity contribution is -0.152. The molecule has 4 heteroatoms. The largest absolute Gasteiger partial charge is 0.480 e. The highest BCUT2D eigenvalue weighted by molar-refractivity contribution is 5.73. The van der Waals surface area contributed by atoms with Gasteiger partial charge >= 0.3 is 5.97 Å². The second-order valence-corrected chi connectivity index (χ2v) is 4.39. The van der Waals surface area contributed by atoms with Crippen molar-refractivity contribution < 1.29 is 14.6 Å². The minimum atomic E-state index is -0.770. The number of morpholine rings is 1. The average molecular weight is 215 g/mol. The first kappa shape index (κ1) is 12.5. The summed E-state index contributed by atoms with van der Waals surface area (Å²) in [4.78, 5) is 13.2. The summed E-state index contributed by atoms with van der Waals surface area (Å²) in [6.07, 6.45) is 0.988. The van der Waals surface area contributed by atoms with Crippen LogP contribution in [0.4, 0.5) is 0 Å². The maximum Gasteiger partial charge on any atom is 0.323 e. The standard InChI is InChI=1S/C11H21NO3/c1-4-9(8(2)3)12-5-6-15-7-10(12)11(13)14/h8-10H,4-7H2,1-3H3,(H,13,14). The van der Waals surface area contributed by atoms with Gasteiger partial charge in [0.15, 0.2) is 0 Å². The van der Waals surface area contributed by atoms with Crippen molar-refractivity contribution in [3.63, 3.8) is 0 Å². The summed E-state index contributed by atoms with van der Waals surface area (Å²) < 4.78 is 5.23. The number of hydrogen-bond donors (Lipinski definition) is 1. The van der Waals surface area contributed by atoms with Crippen molar-refractivity contribution in [2.24, 2.45) is 5.92 Å². The fraction of sp³-hybridized carbons (Fsp3) is 0.909. The number of rotatable bonds is 4. The lowest BCUT2D eigenvalue weighted by Gasteiger charge is -2.40. The molecule has 0 aromatic rings. The van der Waals surface area contributed by atoms with Gasteiger partial charge in [-0.15, -0.1) is 0 Å². The van der Waals surface area contributed by atoms with Crippen molar-refractivity contribution in [1.82, 2.24) is 4.90 Å². The first-order valence-electron chi connectivity index (χ1n) is 5.64. The molecule has 1 fully saturated rings. The molecule has 1 aliphatic rings. The van der Waals surface area contributed by atoms with E-state index < -0.39 is 12.0 Å². The van der Waals surface area contributed by atoms with Gasteiger partial charge in [0.05, 0.1) is 13.2 Å². The third-order valence-corrected chi connectivity index (χ3v) is 3.07. The molecule has 1 saturated heterocycles. The summed E-state index contributed by atoms with van der Waals surface area (Å²) in [5.74, 6) is -0.288. The van der Waals surface area contributed by atoms with Gasteiger partial charge in [-0.3, -0.25) is 9.69 Å². The summed E-state index contributed by atoms with van der Waals surface area (Å²) >= 11 is 0. The van der Waals surface area contributed by atoms with Crippen LogP contribution in [0.25, 0.3) is 0 Å². The highest BCUT2D eigenvalue weighted by atomic mass is 16.5. The molecule has 0 saturated carbocycles. The maximum absolute atomic E-state index is 11.1. The molecule has 0 spiro atoms. The Kier molecular flexibility index (Phi) is 4.54. The highest BCUT2D eigenvalue weighted by Crippen LogP contribution is 2.20. The van der Waals surface area contributed by atoms with Crippen LogP contribution in [0.1, 0.15) is 27.2 Å². The number of aliphatic carboxylic acids is 1. The third-order valence-electron chi connectivity index (χ3n) is 3.07. The van der Waals surface area contributed by atoms with Gasteiger partial charge in [0.1, 0.15) is 6.04 Å². The van der Waals surface area contributed by atoms with E-state index in [-0.39, 0.29) is 0 Å². The molecule has 0 bridgehead atoms. The maximum atomic E-state index is 11.1. The first-order valence-corrected chi connectivity index (χ1v) is 5.64. The molecule has 0 radical (unpaired) electrons. The van der Waals surface area contributed by atoms with Crippen LogP contribution >= 0.6 is 0 Å². The first-order chi connectivity index (χ1) is 7.07. The van der Waals surface area contributed by atoms with Crippen LogP contribution in [0.15, 0.2) is 0 Å². The molecule has 1 heterocycles. The van der Waals surface area contributed by atoms with Gasteiger partial charge in [-0.1, -0.05) is 20.8 Å². The van der Waals surface area contributed by atoms with Crippen LogP contribution in [0, 0.1) is 5.92 Å². The van der Waals surface area contributed by atoms with Gasteiger partial charge in [0.2, 0.25) is 0 Å². The van der Waals surface area contributed by atoms with Gasteiger partial charge < -0.3 is 9.84 Å². The Morgan fingerprint density at radius 1 is 1.60 bits per heavy atom. The molecule has 4 nitrogen and oxygen atoms in total. The number of hydrogen-bond acceptors (Lipinski definition) is 3. The van der Waals surface area contributed by atoms with E-state index in [2.05, 4.69) is 25.7 Å². The summed E-state index contributed by atoms with van der Waals surface area (Å²) in [5.41, 5.74) is 0. The van der Waals surface area contributed by atoms with E-state index in [0.717, 1.165) is 13.0 Å². The lowest BCUT2D eigenvalue weighted by atomic mass is 9.97. The quantitative estimate of drug-likeness (QED) is 0.765. The number of carboxylic acid groups (broad SMARTS) is 1. The molecular weight excluding hydrogens is 194 g/mol. The highest BCUT2D eigenvalue weighted by Gasteiger charge is 2.34. The van der Waals surface area contributed by atoms with E-state index in [9.17, 15) is 4.79 Å². The van der Waals surface area contributed by atoms with E-state index >= 15 is 0 Å². The van der Waals surface area contributed by atoms with E-state index in [4.69, 9.17) is 9.84 Å². The number of carboxylic acids is 1. The fourth-order valence-electron chi connectivity index (χ4n) is 2.32. The molecule has 1 N–H and O–H groups in total. The van der Waals surface area contributed by atoms with Crippen molar-refractivity contribution in [2.45, 2.75) is 39.3 Å². The molecule has 1 aliphatic heterocycles. The Balaban J connectivity index is 2.73. The van der Waals surface area contributed by atoms with Crippen molar-refractivity contribution in [3.05, 3.63) is 0 Å². The Morgan fingerprint density at radius 2 is 2.27 bits per heavy atom. The molecule has 2 unspecified atom stereocenters. The Bertz CT molecular complexity index is 218. The van der Waals surface area contributed by atoms with Gasteiger partial charge in [-0.05, 0) is 12.3 Å². The SMILES string of the molecule is CCC(C(C)C)N1CCOCC1C(=O)O. The molecule has 2 atom stereocenters.